The van der Waals surface area contributed by atoms with Crippen LogP contribution in [0.15, 0.2) is 25.7 Å². The molecule has 0 aromatic heterocycles. The van der Waals surface area contributed by atoms with Gasteiger partial charge in [0.1, 0.15) is 17.4 Å². The summed E-state index contributed by atoms with van der Waals surface area (Å²) in [6, 6.07) is 3.70. The van der Waals surface area contributed by atoms with Crippen molar-refractivity contribution in [2.75, 3.05) is 26.2 Å². The number of hydrogen-bond donors (Lipinski definition) is 0. The van der Waals surface area contributed by atoms with E-state index in [0.29, 0.717) is 57.3 Å². The summed E-state index contributed by atoms with van der Waals surface area (Å²) in [5, 5.41) is 9.82. The van der Waals surface area contributed by atoms with Crippen LogP contribution in [0.3, 0.4) is 0 Å². The van der Waals surface area contributed by atoms with Crippen LogP contribution in [-0.2, 0) is 4.79 Å². The molecule has 0 spiro atoms. The maximum absolute atomic E-state index is 13.0. The Kier molecular flexibility index (Phi) is 9.69. The normalized spacial score (nSPS) is 14.0. The quantitative estimate of drug-likeness (QED) is 0.309. The molecule has 10 heteroatoms. The topological polar surface area (TPSA) is 99.9 Å². The van der Waals surface area contributed by atoms with Gasteiger partial charge in [-0.3, -0.25) is 4.79 Å². The van der Waals surface area contributed by atoms with Gasteiger partial charge in [-0.25, -0.2) is 9.59 Å². The summed E-state index contributed by atoms with van der Waals surface area (Å²) in [5.41, 5.74) is -0.120. The molecular weight excluding hydrogens is 486 g/mol. The van der Waals surface area contributed by atoms with E-state index in [1.54, 1.807) is 43.6 Å². The number of ketones is 1. The first-order valence-electron chi connectivity index (χ1n) is 11.6. The van der Waals surface area contributed by atoms with Crippen molar-refractivity contribution in [1.82, 2.24) is 9.80 Å². The Labute approximate surface area is 216 Å². The molecule has 0 unspecified atom stereocenters. The summed E-state index contributed by atoms with van der Waals surface area (Å²) in [7, 11) is 0. The number of amides is 2. The second-order valence-electron chi connectivity index (χ2n) is 8.82. The highest BCUT2D eigenvalue weighted by atomic mass is 32.2. The Morgan fingerprint density at radius 1 is 0.914 bits per heavy atom. The Morgan fingerprint density at radius 2 is 1.40 bits per heavy atom. The van der Waals surface area contributed by atoms with Crippen molar-refractivity contribution in [2.45, 2.75) is 65.2 Å². The fourth-order valence-electron chi connectivity index (χ4n) is 3.26. The molecule has 1 aromatic rings. The molecule has 2 amide bonds. The third kappa shape index (κ3) is 6.33. The Morgan fingerprint density at radius 3 is 1.86 bits per heavy atom. The van der Waals surface area contributed by atoms with Gasteiger partial charge in [0.25, 0.3) is 0 Å². The number of allylic oxidation sites excluding steroid dienone is 1. The summed E-state index contributed by atoms with van der Waals surface area (Å²) in [6.07, 6.45) is -0.999. The SMILES string of the molecule is CCN(CC)C(=O)Oc1cc(C)c(OC(=O)N(CC)CC)c2c1S/C(=C(/C#N)C(=O)C(C)(C)C)S2. The molecule has 1 heterocycles. The first-order valence-corrected chi connectivity index (χ1v) is 13.2. The lowest BCUT2D eigenvalue weighted by Crippen LogP contribution is -2.33. The standard InChI is InChI=1S/C25H33N3O5S2/c1-9-27(10-2)23(30)32-17-13-15(5)18(33-24(31)28(11-3)12-4)20-19(17)34-22(35-20)16(14-26)21(29)25(6,7)8/h13H,9-12H2,1-8H3/b22-16+. The average molecular weight is 520 g/mol. The predicted molar refractivity (Wildman–Crippen MR) is 138 cm³/mol. The first-order chi connectivity index (χ1) is 16.4. The largest absolute Gasteiger partial charge is 0.415 e. The Bertz CT molecular complexity index is 1080. The fraction of sp³-hybridized carbons (Fsp3) is 0.520. The second kappa shape index (κ2) is 11.9. The number of rotatable bonds is 7. The van der Waals surface area contributed by atoms with Crippen molar-refractivity contribution in [1.29, 1.82) is 5.26 Å². The van der Waals surface area contributed by atoms with Crippen LogP contribution in [0.5, 0.6) is 11.5 Å². The molecule has 0 bridgehead atoms. The zero-order chi connectivity index (χ0) is 26.5. The molecule has 35 heavy (non-hydrogen) atoms. The number of ether oxygens (including phenoxy) is 2. The van der Waals surface area contributed by atoms with Crippen molar-refractivity contribution in [3.05, 3.63) is 21.4 Å². The lowest BCUT2D eigenvalue weighted by molar-refractivity contribution is -0.122. The van der Waals surface area contributed by atoms with Crippen molar-refractivity contribution in [3.8, 4) is 17.6 Å². The van der Waals surface area contributed by atoms with E-state index < -0.39 is 17.6 Å². The molecule has 1 aromatic carbocycles. The van der Waals surface area contributed by atoms with E-state index in [1.807, 2.05) is 33.8 Å². The van der Waals surface area contributed by atoms with Gasteiger partial charge in [0.05, 0.1) is 14.0 Å². The molecule has 0 N–H and O–H groups in total. The molecular formula is C25H33N3O5S2. The Balaban J connectivity index is 2.64. The third-order valence-corrected chi connectivity index (χ3v) is 8.00. The zero-order valence-corrected chi connectivity index (χ0v) is 23.2. The maximum atomic E-state index is 13.0. The molecule has 0 atom stereocenters. The number of nitrogens with zero attached hydrogens (tertiary/aromatic N) is 3. The molecule has 1 aliphatic heterocycles. The first kappa shape index (κ1) is 28.6. The van der Waals surface area contributed by atoms with Gasteiger partial charge in [0.15, 0.2) is 11.5 Å². The van der Waals surface area contributed by atoms with Crippen LogP contribution in [0.25, 0.3) is 0 Å². The third-order valence-electron chi connectivity index (χ3n) is 5.39. The van der Waals surface area contributed by atoms with Gasteiger partial charge in [0, 0.05) is 31.6 Å². The number of aryl methyl sites for hydroxylation is 1. The van der Waals surface area contributed by atoms with Crippen molar-refractivity contribution < 1.29 is 23.9 Å². The number of carbonyl (C=O) groups excluding carboxylic acids is 3. The van der Waals surface area contributed by atoms with Gasteiger partial charge in [0.2, 0.25) is 0 Å². The van der Waals surface area contributed by atoms with Crippen LogP contribution in [0.2, 0.25) is 0 Å². The minimum Gasteiger partial charge on any atom is -0.409 e. The van der Waals surface area contributed by atoms with Crippen LogP contribution in [0.1, 0.15) is 54.0 Å². The van der Waals surface area contributed by atoms with Crippen LogP contribution >= 0.6 is 23.5 Å². The van der Waals surface area contributed by atoms with Crippen molar-refractivity contribution >= 4 is 41.5 Å². The predicted octanol–water partition coefficient (Wildman–Crippen LogP) is 6.22. The molecule has 2 rings (SSSR count). The number of benzene rings is 1. The van der Waals surface area contributed by atoms with E-state index in [0.717, 1.165) is 0 Å². The molecule has 0 saturated carbocycles. The van der Waals surface area contributed by atoms with E-state index in [2.05, 4.69) is 0 Å². The van der Waals surface area contributed by atoms with Crippen molar-refractivity contribution in [2.24, 2.45) is 5.41 Å². The lowest BCUT2D eigenvalue weighted by Gasteiger charge is -2.21. The summed E-state index contributed by atoms with van der Waals surface area (Å²) < 4.78 is 12.0. The van der Waals surface area contributed by atoms with Crippen LogP contribution in [-0.4, -0.2) is 53.9 Å². The van der Waals surface area contributed by atoms with E-state index in [1.165, 1.54) is 23.5 Å². The number of fused-ring (bicyclic) bond motifs is 1. The summed E-state index contributed by atoms with van der Waals surface area (Å²) >= 11 is 2.36. The highest BCUT2D eigenvalue weighted by Gasteiger charge is 2.36. The van der Waals surface area contributed by atoms with Crippen LogP contribution in [0, 0.1) is 23.7 Å². The lowest BCUT2D eigenvalue weighted by atomic mass is 9.87. The number of hydrogen-bond acceptors (Lipinski definition) is 8. The number of thioether (sulfide) groups is 2. The minimum atomic E-state index is -0.750. The summed E-state index contributed by atoms with van der Waals surface area (Å²) in [4.78, 5) is 42.6. The number of carbonyl (C=O) groups is 3. The fourth-order valence-corrected chi connectivity index (χ4v) is 5.90. The van der Waals surface area contributed by atoms with Crippen LogP contribution in [0.4, 0.5) is 9.59 Å². The van der Waals surface area contributed by atoms with Gasteiger partial charge >= 0.3 is 12.2 Å². The minimum absolute atomic E-state index is 0.0309. The van der Waals surface area contributed by atoms with Gasteiger partial charge in [-0.2, -0.15) is 5.26 Å². The second-order valence-corrected chi connectivity index (χ2v) is 11.1. The highest BCUT2D eigenvalue weighted by molar-refractivity contribution is 8.24. The van der Waals surface area contributed by atoms with Gasteiger partial charge in [-0.1, -0.05) is 44.3 Å². The van der Waals surface area contributed by atoms with E-state index in [9.17, 15) is 19.6 Å². The van der Waals surface area contributed by atoms with Crippen LogP contribution < -0.4 is 9.47 Å². The summed E-state index contributed by atoms with van der Waals surface area (Å²) in [6.45, 7) is 16.4. The zero-order valence-electron chi connectivity index (χ0n) is 21.6. The molecule has 0 aliphatic carbocycles. The van der Waals surface area contributed by atoms with E-state index in [-0.39, 0.29) is 11.4 Å². The molecule has 0 radical (unpaired) electrons. The molecule has 0 fully saturated rings. The van der Waals surface area contributed by atoms with Gasteiger partial charge in [-0.05, 0) is 46.2 Å². The van der Waals surface area contributed by atoms with E-state index in [4.69, 9.17) is 9.47 Å². The Hall–Kier alpha value is -2.64. The molecule has 1 aliphatic rings. The maximum Gasteiger partial charge on any atom is 0.415 e. The smallest absolute Gasteiger partial charge is 0.409 e. The van der Waals surface area contributed by atoms with E-state index >= 15 is 0 Å². The van der Waals surface area contributed by atoms with Gasteiger partial charge < -0.3 is 19.3 Å². The highest BCUT2D eigenvalue weighted by Crippen LogP contribution is 2.60. The molecule has 190 valence electrons. The molecule has 0 saturated heterocycles. The van der Waals surface area contributed by atoms with Gasteiger partial charge in [-0.15, -0.1) is 0 Å². The molecule has 8 nitrogen and oxygen atoms in total. The number of Topliss-reactive ketones (excluding diaryl/α,β-unsaturated/α-hetero) is 1. The number of nitriles is 1. The summed E-state index contributed by atoms with van der Waals surface area (Å²) in [5.74, 6) is 0.334. The monoisotopic (exact) mass is 519 g/mol. The van der Waals surface area contributed by atoms with Crippen molar-refractivity contribution in [3.63, 3.8) is 0 Å². The average Bonchev–Trinajstić information content (AvgIpc) is 3.23.